The quantitative estimate of drug-likeness (QED) is 0.517. The Morgan fingerprint density at radius 2 is 1.90 bits per heavy atom. The van der Waals surface area contributed by atoms with E-state index < -0.39 is 0 Å². The molecule has 0 unspecified atom stereocenters. The molecule has 0 aliphatic heterocycles. The fourth-order valence-corrected chi connectivity index (χ4v) is 1.63. The fourth-order valence-electron chi connectivity index (χ4n) is 1.63. The normalized spacial score (nSPS) is 9.15. The molecule has 1 amide bonds. The van der Waals surface area contributed by atoms with Crippen molar-refractivity contribution in [3.05, 3.63) is 70.1 Å². The number of hydrogen-bond donors (Lipinski definition) is 1. The zero-order valence-electron chi connectivity index (χ0n) is 10.3. The third-order valence-corrected chi connectivity index (χ3v) is 2.57. The Labute approximate surface area is 114 Å². The first-order chi connectivity index (χ1) is 9.74. The molecule has 0 saturated heterocycles. The Morgan fingerprint density at radius 3 is 2.55 bits per heavy atom. The van der Waals surface area contributed by atoms with Gasteiger partial charge in [-0.3, -0.25) is 4.79 Å². The number of carbonyl (C=O) groups excluding carboxylic acids is 1. The number of rotatable bonds is 3. The van der Waals surface area contributed by atoms with Crippen molar-refractivity contribution in [2.45, 2.75) is 0 Å². The lowest BCUT2D eigenvalue weighted by atomic mass is 10.1. The summed E-state index contributed by atoms with van der Waals surface area (Å²) in [4.78, 5) is 14.8. The maximum Gasteiger partial charge on any atom is 0.256 e. The Morgan fingerprint density at radius 1 is 1.20 bits per heavy atom. The van der Waals surface area contributed by atoms with Crippen LogP contribution in [0.5, 0.6) is 0 Å². The molecule has 0 radical (unpaired) electrons. The van der Waals surface area contributed by atoms with Crippen LogP contribution in [0.1, 0.15) is 15.9 Å². The first kappa shape index (κ1) is 13.1. The van der Waals surface area contributed by atoms with Crippen molar-refractivity contribution in [2.75, 3.05) is 5.32 Å². The molecule has 0 fully saturated rings. The molecular weight excluding hydrogens is 254 g/mol. The molecule has 0 spiro atoms. The number of benzene rings is 2. The predicted octanol–water partition coefficient (Wildman–Crippen LogP) is 3.75. The van der Waals surface area contributed by atoms with Crippen LogP contribution in [0.2, 0.25) is 0 Å². The third-order valence-electron chi connectivity index (χ3n) is 2.57. The Balaban J connectivity index is 2.24. The average molecular weight is 263 g/mol. The molecule has 0 aliphatic carbocycles. The number of azide groups is 1. The van der Waals surface area contributed by atoms with Gasteiger partial charge in [0.1, 0.15) is 0 Å². The summed E-state index contributed by atoms with van der Waals surface area (Å²) in [5, 5.41) is 14.9. The van der Waals surface area contributed by atoms with Crippen LogP contribution in [-0.4, -0.2) is 5.91 Å². The zero-order valence-corrected chi connectivity index (χ0v) is 10.3. The van der Waals surface area contributed by atoms with E-state index in [-0.39, 0.29) is 17.2 Å². The van der Waals surface area contributed by atoms with E-state index in [1.54, 1.807) is 48.5 Å². The van der Waals surface area contributed by atoms with E-state index in [9.17, 15) is 4.79 Å². The van der Waals surface area contributed by atoms with Gasteiger partial charge in [-0.25, -0.2) is 0 Å². The highest BCUT2D eigenvalue weighted by Gasteiger charge is 2.09. The van der Waals surface area contributed by atoms with Crippen molar-refractivity contribution in [2.24, 2.45) is 5.11 Å². The van der Waals surface area contributed by atoms with Gasteiger partial charge in [-0.05, 0) is 35.9 Å². The number of hydrogen-bond acceptors (Lipinski definition) is 3. The minimum absolute atomic E-state index is 0.265. The van der Waals surface area contributed by atoms with Crippen LogP contribution in [-0.2, 0) is 0 Å². The SMILES string of the molecule is N#Cc1ccc(NC(=O)c2ccccc2N=[N+]=[N-])cc1. The van der Waals surface area contributed by atoms with Gasteiger partial charge in [0, 0.05) is 16.2 Å². The summed E-state index contributed by atoms with van der Waals surface area (Å²) in [5.41, 5.74) is 10.1. The summed E-state index contributed by atoms with van der Waals surface area (Å²) in [7, 11) is 0. The van der Waals surface area contributed by atoms with Crippen LogP contribution in [0.4, 0.5) is 11.4 Å². The average Bonchev–Trinajstić information content (AvgIpc) is 2.49. The molecule has 0 aromatic heterocycles. The predicted molar refractivity (Wildman–Crippen MR) is 74.4 cm³/mol. The van der Waals surface area contributed by atoms with Crippen molar-refractivity contribution in [3.63, 3.8) is 0 Å². The lowest BCUT2D eigenvalue weighted by molar-refractivity contribution is 0.102. The number of nitriles is 1. The van der Waals surface area contributed by atoms with Crippen LogP contribution in [0.25, 0.3) is 10.4 Å². The first-order valence-electron chi connectivity index (χ1n) is 5.70. The second-order valence-electron chi connectivity index (χ2n) is 3.85. The molecule has 2 rings (SSSR count). The molecule has 6 heteroatoms. The van der Waals surface area contributed by atoms with Crippen LogP contribution in [0, 0.1) is 11.3 Å². The molecule has 20 heavy (non-hydrogen) atoms. The van der Waals surface area contributed by atoms with Crippen molar-refractivity contribution in [1.82, 2.24) is 0 Å². The number of carbonyl (C=O) groups is 1. The van der Waals surface area contributed by atoms with Gasteiger partial charge in [-0.15, -0.1) is 0 Å². The van der Waals surface area contributed by atoms with Gasteiger partial charge in [0.2, 0.25) is 0 Å². The Kier molecular flexibility index (Phi) is 3.98. The summed E-state index contributed by atoms with van der Waals surface area (Å²) in [6.45, 7) is 0. The Hall–Kier alpha value is -3.29. The van der Waals surface area contributed by atoms with Crippen LogP contribution in [0.15, 0.2) is 53.6 Å². The molecule has 1 N–H and O–H groups in total. The van der Waals surface area contributed by atoms with E-state index in [0.29, 0.717) is 11.3 Å². The lowest BCUT2D eigenvalue weighted by Crippen LogP contribution is -2.11. The van der Waals surface area contributed by atoms with Gasteiger partial charge < -0.3 is 5.32 Å². The molecule has 2 aromatic rings. The first-order valence-corrected chi connectivity index (χ1v) is 5.70. The van der Waals surface area contributed by atoms with Crippen molar-refractivity contribution in [3.8, 4) is 6.07 Å². The summed E-state index contributed by atoms with van der Waals surface area (Å²) < 4.78 is 0. The molecule has 0 bridgehead atoms. The minimum Gasteiger partial charge on any atom is -0.322 e. The third kappa shape index (κ3) is 2.93. The van der Waals surface area contributed by atoms with Gasteiger partial charge in [-0.2, -0.15) is 5.26 Å². The van der Waals surface area contributed by atoms with Gasteiger partial charge in [0.05, 0.1) is 17.3 Å². The van der Waals surface area contributed by atoms with E-state index in [4.69, 9.17) is 10.8 Å². The second-order valence-corrected chi connectivity index (χ2v) is 3.85. The second kappa shape index (κ2) is 6.05. The van der Waals surface area contributed by atoms with Gasteiger partial charge in [-0.1, -0.05) is 23.3 Å². The Bertz CT molecular complexity index is 724. The molecule has 2 aromatic carbocycles. The van der Waals surface area contributed by atoms with E-state index in [1.807, 2.05) is 6.07 Å². The highest BCUT2D eigenvalue weighted by molar-refractivity contribution is 6.07. The van der Waals surface area contributed by atoms with Crippen molar-refractivity contribution >= 4 is 17.3 Å². The van der Waals surface area contributed by atoms with Gasteiger partial charge in [0.15, 0.2) is 0 Å². The van der Waals surface area contributed by atoms with Gasteiger partial charge in [0.25, 0.3) is 5.91 Å². The molecule has 0 atom stereocenters. The van der Waals surface area contributed by atoms with Gasteiger partial charge >= 0.3 is 0 Å². The molecule has 6 nitrogen and oxygen atoms in total. The molecule has 96 valence electrons. The number of amides is 1. The van der Waals surface area contributed by atoms with Crippen LogP contribution < -0.4 is 5.32 Å². The number of anilines is 1. The summed E-state index contributed by atoms with van der Waals surface area (Å²) in [6, 6.07) is 15.0. The molecule has 0 aliphatic rings. The van der Waals surface area contributed by atoms with E-state index in [1.165, 1.54) is 0 Å². The molecule has 0 heterocycles. The standard InChI is InChI=1S/C14H9N5O/c15-9-10-5-7-11(8-6-10)17-14(20)12-3-1-2-4-13(12)18-19-16/h1-8H,(H,17,20). The zero-order chi connectivity index (χ0) is 14.4. The highest BCUT2D eigenvalue weighted by Crippen LogP contribution is 2.20. The highest BCUT2D eigenvalue weighted by atomic mass is 16.1. The topological polar surface area (TPSA) is 102 Å². The van der Waals surface area contributed by atoms with E-state index >= 15 is 0 Å². The van der Waals surface area contributed by atoms with Crippen molar-refractivity contribution < 1.29 is 4.79 Å². The van der Waals surface area contributed by atoms with Crippen LogP contribution in [0.3, 0.4) is 0 Å². The summed E-state index contributed by atoms with van der Waals surface area (Å²) in [5.74, 6) is -0.377. The fraction of sp³-hybridized carbons (Fsp3) is 0. The number of nitrogens with zero attached hydrogens (tertiary/aromatic N) is 4. The van der Waals surface area contributed by atoms with Crippen LogP contribution >= 0.6 is 0 Å². The van der Waals surface area contributed by atoms with Crippen molar-refractivity contribution in [1.29, 1.82) is 5.26 Å². The number of nitrogens with one attached hydrogen (secondary N) is 1. The summed E-state index contributed by atoms with van der Waals surface area (Å²) in [6.07, 6.45) is 0. The van der Waals surface area contributed by atoms with E-state index in [2.05, 4.69) is 15.3 Å². The monoisotopic (exact) mass is 263 g/mol. The maximum atomic E-state index is 12.1. The maximum absolute atomic E-state index is 12.1. The largest absolute Gasteiger partial charge is 0.322 e. The van der Waals surface area contributed by atoms with E-state index in [0.717, 1.165) is 0 Å². The summed E-state index contributed by atoms with van der Waals surface area (Å²) >= 11 is 0. The smallest absolute Gasteiger partial charge is 0.256 e. The lowest BCUT2D eigenvalue weighted by Gasteiger charge is -2.07. The molecular formula is C14H9N5O. The minimum atomic E-state index is -0.377. The molecule has 0 saturated carbocycles.